The number of thioether (sulfide) groups is 1. The minimum absolute atomic E-state index is 0.276. The van der Waals surface area contributed by atoms with Crippen molar-refractivity contribution < 1.29 is 19.1 Å². The Bertz CT molecular complexity index is 670. The van der Waals surface area contributed by atoms with Crippen LogP contribution in [-0.2, 0) is 14.3 Å². The monoisotopic (exact) mass is 365 g/mol. The number of esters is 1. The Morgan fingerprint density at radius 2 is 2.04 bits per heavy atom. The predicted molar refractivity (Wildman–Crippen MR) is 98.7 cm³/mol. The molecule has 2 rings (SSSR count). The van der Waals surface area contributed by atoms with Crippen molar-refractivity contribution in [1.82, 2.24) is 4.90 Å². The van der Waals surface area contributed by atoms with E-state index in [0.29, 0.717) is 15.8 Å². The fourth-order valence-corrected chi connectivity index (χ4v) is 3.51. The van der Waals surface area contributed by atoms with E-state index in [1.165, 1.54) is 16.7 Å². The van der Waals surface area contributed by atoms with Gasteiger partial charge >= 0.3 is 5.97 Å². The molecule has 7 heteroatoms. The van der Waals surface area contributed by atoms with Crippen LogP contribution in [0.5, 0.6) is 5.75 Å². The van der Waals surface area contributed by atoms with Crippen molar-refractivity contribution in [3.63, 3.8) is 0 Å². The molecule has 1 aliphatic heterocycles. The van der Waals surface area contributed by atoms with Crippen molar-refractivity contribution in [2.45, 2.75) is 26.3 Å². The summed E-state index contributed by atoms with van der Waals surface area (Å²) in [5, 5.41) is 0. The normalized spacial score (nSPS) is 17.3. The van der Waals surface area contributed by atoms with Gasteiger partial charge in [0.05, 0.1) is 18.6 Å². The molecule has 1 fully saturated rings. The number of hydrogen-bond donors (Lipinski definition) is 0. The molecule has 0 aromatic heterocycles. The molecule has 1 atom stereocenters. The zero-order valence-electron chi connectivity index (χ0n) is 13.8. The smallest absolute Gasteiger partial charge is 0.329 e. The van der Waals surface area contributed by atoms with Gasteiger partial charge in [0, 0.05) is 0 Å². The molecule has 128 valence electrons. The number of carbonyl (C=O) groups is 2. The maximum Gasteiger partial charge on any atom is 0.329 e. The second-order valence-corrected chi connectivity index (χ2v) is 6.84. The Morgan fingerprint density at radius 1 is 1.38 bits per heavy atom. The van der Waals surface area contributed by atoms with Gasteiger partial charge in [-0.05, 0) is 37.1 Å². The fraction of sp³-hybridized carbons (Fsp3) is 0.353. The molecule has 0 radical (unpaired) electrons. The van der Waals surface area contributed by atoms with Gasteiger partial charge in [0.2, 0.25) is 0 Å². The van der Waals surface area contributed by atoms with E-state index in [-0.39, 0.29) is 5.91 Å². The maximum atomic E-state index is 12.6. The second-order valence-electron chi connectivity index (χ2n) is 5.17. The Morgan fingerprint density at radius 3 is 2.62 bits per heavy atom. The van der Waals surface area contributed by atoms with E-state index >= 15 is 0 Å². The minimum Gasteiger partial charge on any atom is -0.497 e. The first kappa shape index (κ1) is 18.5. The molecule has 0 aliphatic carbocycles. The number of ether oxygens (including phenoxy) is 2. The van der Waals surface area contributed by atoms with Crippen LogP contribution in [-0.4, -0.2) is 40.9 Å². The van der Waals surface area contributed by atoms with Crippen LogP contribution in [0.1, 0.15) is 25.8 Å². The lowest BCUT2D eigenvalue weighted by Crippen LogP contribution is -2.42. The molecule has 1 saturated heterocycles. The molecule has 0 spiro atoms. The van der Waals surface area contributed by atoms with Crippen LogP contribution < -0.4 is 4.74 Å². The molecule has 0 N–H and O–H groups in total. The summed E-state index contributed by atoms with van der Waals surface area (Å²) in [5.41, 5.74) is 0.859. The van der Waals surface area contributed by atoms with E-state index in [9.17, 15) is 9.59 Å². The SMILES string of the molecule is CCCOC(=O)C(C)N1C(=O)/C(=C\c2ccc(OC)cc2)SC1=S. The molecule has 5 nitrogen and oxygen atoms in total. The average Bonchev–Trinajstić information content (AvgIpc) is 2.86. The lowest BCUT2D eigenvalue weighted by Gasteiger charge is -2.21. The van der Waals surface area contributed by atoms with Crippen molar-refractivity contribution in [3.8, 4) is 5.75 Å². The van der Waals surface area contributed by atoms with Crippen LogP contribution >= 0.6 is 24.0 Å². The van der Waals surface area contributed by atoms with Gasteiger partial charge in [-0.1, -0.05) is 43.0 Å². The first-order valence-electron chi connectivity index (χ1n) is 7.55. The van der Waals surface area contributed by atoms with Gasteiger partial charge in [0.25, 0.3) is 5.91 Å². The van der Waals surface area contributed by atoms with Gasteiger partial charge < -0.3 is 9.47 Å². The summed E-state index contributed by atoms with van der Waals surface area (Å²) >= 11 is 6.44. The summed E-state index contributed by atoms with van der Waals surface area (Å²) < 4.78 is 10.6. The highest BCUT2D eigenvalue weighted by atomic mass is 32.2. The molecule has 1 aromatic rings. The van der Waals surface area contributed by atoms with E-state index in [4.69, 9.17) is 21.7 Å². The van der Waals surface area contributed by atoms with Gasteiger partial charge in [0.1, 0.15) is 16.1 Å². The molecule has 1 aliphatic rings. The highest BCUT2D eigenvalue weighted by molar-refractivity contribution is 8.26. The van der Waals surface area contributed by atoms with E-state index in [2.05, 4.69) is 0 Å². The lowest BCUT2D eigenvalue weighted by atomic mass is 10.2. The highest BCUT2D eigenvalue weighted by Crippen LogP contribution is 2.34. The van der Waals surface area contributed by atoms with E-state index < -0.39 is 12.0 Å². The number of hydrogen-bond acceptors (Lipinski definition) is 6. The number of nitrogens with zero attached hydrogens (tertiary/aromatic N) is 1. The molecular weight excluding hydrogens is 346 g/mol. The molecule has 24 heavy (non-hydrogen) atoms. The van der Waals surface area contributed by atoms with Crippen molar-refractivity contribution in [3.05, 3.63) is 34.7 Å². The molecule has 1 unspecified atom stereocenters. The summed E-state index contributed by atoms with van der Waals surface area (Å²) in [4.78, 5) is 26.4. The Balaban J connectivity index is 2.15. The molecule has 1 amide bonds. The standard InChI is InChI=1S/C17H19NO4S2/c1-4-9-22-16(20)11(2)18-15(19)14(24-17(18)23)10-12-5-7-13(21-3)8-6-12/h5-8,10-11H,4,9H2,1-3H3/b14-10+. The molecule has 1 aromatic carbocycles. The minimum atomic E-state index is -0.731. The van der Waals surface area contributed by atoms with Gasteiger partial charge in [-0.2, -0.15) is 0 Å². The number of thiocarbonyl (C=S) groups is 1. The zero-order chi connectivity index (χ0) is 17.7. The summed E-state index contributed by atoms with van der Waals surface area (Å²) in [6.45, 7) is 3.87. The van der Waals surface area contributed by atoms with Crippen LogP contribution in [0.25, 0.3) is 6.08 Å². The van der Waals surface area contributed by atoms with Crippen LogP contribution in [0.3, 0.4) is 0 Å². The third kappa shape index (κ3) is 4.15. The number of methoxy groups -OCH3 is 1. The summed E-state index contributed by atoms with van der Waals surface area (Å²) in [6.07, 6.45) is 2.48. The fourth-order valence-electron chi connectivity index (χ4n) is 2.09. The third-order valence-corrected chi connectivity index (χ3v) is 4.74. The predicted octanol–water partition coefficient (Wildman–Crippen LogP) is 3.24. The lowest BCUT2D eigenvalue weighted by molar-refractivity contribution is -0.150. The van der Waals surface area contributed by atoms with Gasteiger partial charge in [-0.15, -0.1) is 0 Å². The average molecular weight is 365 g/mol. The topological polar surface area (TPSA) is 55.8 Å². The summed E-state index contributed by atoms with van der Waals surface area (Å²) in [6, 6.07) is 6.61. The number of rotatable bonds is 6. The van der Waals surface area contributed by atoms with Gasteiger partial charge in [0.15, 0.2) is 0 Å². The van der Waals surface area contributed by atoms with Crippen LogP contribution in [0.4, 0.5) is 0 Å². The van der Waals surface area contributed by atoms with E-state index in [0.717, 1.165) is 17.7 Å². The zero-order valence-corrected chi connectivity index (χ0v) is 15.4. The highest BCUT2D eigenvalue weighted by Gasteiger charge is 2.38. The first-order valence-corrected chi connectivity index (χ1v) is 8.78. The van der Waals surface area contributed by atoms with Crippen LogP contribution in [0, 0.1) is 0 Å². The van der Waals surface area contributed by atoms with Crippen LogP contribution in [0.15, 0.2) is 29.2 Å². The maximum absolute atomic E-state index is 12.6. The number of amides is 1. The number of benzene rings is 1. The third-order valence-electron chi connectivity index (χ3n) is 3.41. The molecule has 0 saturated carbocycles. The second kappa shape index (κ2) is 8.30. The Hall–Kier alpha value is -1.86. The van der Waals surface area contributed by atoms with Crippen molar-refractivity contribution >= 4 is 46.3 Å². The van der Waals surface area contributed by atoms with Crippen molar-refractivity contribution in [2.24, 2.45) is 0 Å². The largest absolute Gasteiger partial charge is 0.497 e. The van der Waals surface area contributed by atoms with Crippen LogP contribution in [0.2, 0.25) is 0 Å². The summed E-state index contributed by atoms with van der Waals surface area (Å²) in [5.74, 6) is 0.0209. The Labute approximate surface area is 151 Å². The molecular formula is C17H19NO4S2. The first-order chi connectivity index (χ1) is 11.5. The number of carbonyl (C=O) groups excluding carboxylic acids is 2. The van der Waals surface area contributed by atoms with Gasteiger partial charge in [-0.25, -0.2) is 4.79 Å². The molecule has 0 bridgehead atoms. The molecule has 1 heterocycles. The van der Waals surface area contributed by atoms with Gasteiger partial charge in [-0.3, -0.25) is 9.69 Å². The van der Waals surface area contributed by atoms with E-state index in [1.54, 1.807) is 20.1 Å². The van der Waals surface area contributed by atoms with Crippen molar-refractivity contribution in [2.75, 3.05) is 13.7 Å². The van der Waals surface area contributed by atoms with E-state index in [1.807, 2.05) is 31.2 Å². The summed E-state index contributed by atoms with van der Waals surface area (Å²) in [7, 11) is 1.60. The van der Waals surface area contributed by atoms with Crippen molar-refractivity contribution in [1.29, 1.82) is 0 Å². The quantitative estimate of drug-likeness (QED) is 0.438. The Kier molecular flexibility index (Phi) is 6.39.